The highest BCUT2D eigenvalue weighted by Gasteiger charge is 2.26. The van der Waals surface area contributed by atoms with E-state index in [4.69, 9.17) is 4.74 Å². The van der Waals surface area contributed by atoms with Gasteiger partial charge in [-0.1, -0.05) is 30.3 Å². The molecule has 1 aromatic heterocycles. The fraction of sp³-hybridized carbons (Fsp3) is 0.474. The number of benzene rings is 1. The van der Waals surface area contributed by atoms with E-state index in [1.165, 1.54) is 0 Å². The molecule has 1 aliphatic rings. The first-order valence-corrected chi connectivity index (χ1v) is 8.50. The molecule has 0 bridgehead atoms. The number of amides is 1. The van der Waals surface area contributed by atoms with Crippen molar-refractivity contribution >= 4 is 5.91 Å². The van der Waals surface area contributed by atoms with Gasteiger partial charge in [-0.25, -0.2) is 0 Å². The molecule has 1 aromatic carbocycles. The van der Waals surface area contributed by atoms with Gasteiger partial charge in [-0.15, -0.1) is 0 Å². The summed E-state index contributed by atoms with van der Waals surface area (Å²) < 4.78 is 7.50. The van der Waals surface area contributed by atoms with Crippen molar-refractivity contribution in [2.75, 3.05) is 13.2 Å². The van der Waals surface area contributed by atoms with E-state index >= 15 is 0 Å². The van der Waals surface area contributed by atoms with E-state index in [-0.39, 0.29) is 17.6 Å². The molecular weight excluding hydrogens is 302 g/mol. The molecule has 2 heterocycles. The van der Waals surface area contributed by atoms with Crippen molar-refractivity contribution in [3.8, 4) is 11.3 Å². The zero-order valence-corrected chi connectivity index (χ0v) is 14.6. The Morgan fingerprint density at radius 2 is 2.08 bits per heavy atom. The number of ether oxygens (including phenoxy) is 1. The normalized spacial score (nSPS) is 17.9. The molecule has 0 radical (unpaired) electrons. The lowest BCUT2D eigenvalue weighted by Gasteiger charge is -2.23. The standard InChI is InChI=1S/C19H25N3O2/c1-19(2,3)22-17(14-8-5-4-6-9-14)16(13-21-22)18(23)20-12-15-10-7-11-24-15/h4-6,8-9,13,15H,7,10-12H2,1-3H3,(H,20,23)/t15-/m1/s1. The zero-order valence-electron chi connectivity index (χ0n) is 14.6. The molecule has 128 valence electrons. The van der Waals surface area contributed by atoms with Gasteiger partial charge in [-0.05, 0) is 33.6 Å². The van der Waals surface area contributed by atoms with Crippen LogP contribution in [-0.2, 0) is 10.3 Å². The van der Waals surface area contributed by atoms with Gasteiger partial charge in [0.15, 0.2) is 0 Å². The van der Waals surface area contributed by atoms with E-state index in [9.17, 15) is 4.79 Å². The largest absolute Gasteiger partial charge is 0.376 e. The molecule has 24 heavy (non-hydrogen) atoms. The van der Waals surface area contributed by atoms with Crippen LogP contribution in [0, 0.1) is 0 Å². The Labute approximate surface area is 143 Å². The third-order valence-corrected chi connectivity index (χ3v) is 4.21. The maximum Gasteiger partial charge on any atom is 0.255 e. The maximum absolute atomic E-state index is 12.7. The molecule has 0 unspecified atom stereocenters. The lowest BCUT2D eigenvalue weighted by atomic mass is 10.0. The van der Waals surface area contributed by atoms with Gasteiger partial charge in [-0.2, -0.15) is 5.10 Å². The molecule has 3 rings (SSSR count). The molecule has 5 nitrogen and oxygen atoms in total. The Kier molecular flexibility index (Phi) is 4.71. The molecule has 1 atom stereocenters. The predicted molar refractivity (Wildman–Crippen MR) is 94.0 cm³/mol. The number of nitrogens with zero attached hydrogens (tertiary/aromatic N) is 2. The number of carbonyl (C=O) groups is 1. The van der Waals surface area contributed by atoms with Crippen molar-refractivity contribution in [1.82, 2.24) is 15.1 Å². The highest BCUT2D eigenvalue weighted by Crippen LogP contribution is 2.28. The molecule has 5 heteroatoms. The van der Waals surface area contributed by atoms with Crippen molar-refractivity contribution in [2.24, 2.45) is 0 Å². The summed E-state index contributed by atoms with van der Waals surface area (Å²) in [6, 6.07) is 9.94. The molecule has 1 N–H and O–H groups in total. The van der Waals surface area contributed by atoms with Crippen LogP contribution < -0.4 is 5.32 Å². The minimum atomic E-state index is -0.210. The van der Waals surface area contributed by atoms with Crippen LogP contribution in [0.15, 0.2) is 36.5 Å². The summed E-state index contributed by atoms with van der Waals surface area (Å²) in [5, 5.41) is 7.49. The summed E-state index contributed by atoms with van der Waals surface area (Å²) >= 11 is 0. The highest BCUT2D eigenvalue weighted by atomic mass is 16.5. The first-order chi connectivity index (χ1) is 11.5. The van der Waals surface area contributed by atoms with Gasteiger partial charge >= 0.3 is 0 Å². The second kappa shape index (κ2) is 6.77. The Morgan fingerprint density at radius 3 is 2.71 bits per heavy atom. The first kappa shape index (κ1) is 16.7. The van der Waals surface area contributed by atoms with E-state index in [2.05, 4.69) is 31.2 Å². The fourth-order valence-corrected chi connectivity index (χ4v) is 3.00. The number of hydrogen-bond acceptors (Lipinski definition) is 3. The molecule has 0 saturated carbocycles. The lowest BCUT2D eigenvalue weighted by Crippen LogP contribution is -2.32. The van der Waals surface area contributed by atoms with Crippen molar-refractivity contribution < 1.29 is 9.53 Å². The topological polar surface area (TPSA) is 56.2 Å². The van der Waals surface area contributed by atoms with Crippen molar-refractivity contribution in [1.29, 1.82) is 0 Å². The third-order valence-electron chi connectivity index (χ3n) is 4.21. The van der Waals surface area contributed by atoms with Crippen LogP contribution in [0.2, 0.25) is 0 Å². The molecule has 0 aliphatic carbocycles. The smallest absolute Gasteiger partial charge is 0.255 e. The minimum absolute atomic E-state index is 0.0974. The zero-order chi connectivity index (χ0) is 17.2. The van der Waals surface area contributed by atoms with E-state index in [1.807, 2.05) is 35.0 Å². The Bertz CT molecular complexity index is 695. The highest BCUT2D eigenvalue weighted by molar-refractivity contribution is 6.00. The van der Waals surface area contributed by atoms with Gasteiger partial charge < -0.3 is 10.1 Å². The number of rotatable bonds is 4. The van der Waals surface area contributed by atoms with Crippen molar-refractivity contribution in [3.63, 3.8) is 0 Å². The van der Waals surface area contributed by atoms with Gasteiger partial charge in [0.2, 0.25) is 0 Å². The van der Waals surface area contributed by atoms with E-state index in [0.717, 1.165) is 30.7 Å². The van der Waals surface area contributed by atoms with Crippen molar-refractivity contribution in [2.45, 2.75) is 45.3 Å². The number of hydrogen-bond donors (Lipinski definition) is 1. The minimum Gasteiger partial charge on any atom is -0.376 e. The Morgan fingerprint density at radius 1 is 1.33 bits per heavy atom. The average molecular weight is 327 g/mol. The quantitative estimate of drug-likeness (QED) is 0.938. The number of aromatic nitrogens is 2. The Hall–Kier alpha value is -2.14. The molecule has 0 spiro atoms. The monoisotopic (exact) mass is 327 g/mol. The summed E-state index contributed by atoms with van der Waals surface area (Å²) in [5.74, 6) is -0.0974. The van der Waals surface area contributed by atoms with Gasteiger partial charge in [-0.3, -0.25) is 9.48 Å². The van der Waals surface area contributed by atoms with Crippen LogP contribution in [0.1, 0.15) is 44.0 Å². The van der Waals surface area contributed by atoms with Crippen LogP contribution in [0.25, 0.3) is 11.3 Å². The van der Waals surface area contributed by atoms with Crippen LogP contribution >= 0.6 is 0 Å². The number of nitrogens with one attached hydrogen (secondary N) is 1. The maximum atomic E-state index is 12.7. The summed E-state index contributed by atoms with van der Waals surface area (Å²) in [6.45, 7) is 7.59. The molecule has 1 fully saturated rings. The molecule has 2 aromatic rings. The second-order valence-electron chi connectivity index (χ2n) is 7.20. The van der Waals surface area contributed by atoms with Crippen LogP contribution in [0.4, 0.5) is 0 Å². The first-order valence-electron chi connectivity index (χ1n) is 8.50. The predicted octanol–water partition coefficient (Wildman–Crippen LogP) is 3.21. The van der Waals surface area contributed by atoms with Crippen LogP contribution in [-0.4, -0.2) is 34.9 Å². The van der Waals surface area contributed by atoms with Crippen LogP contribution in [0.3, 0.4) is 0 Å². The summed E-state index contributed by atoms with van der Waals surface area (Å²) in [6.07, 6.45) is 3.87. The van der Waals surface area contributed by atoms with E-state index in [0.29, 0.717) is 12.1 Å². The van der Waals surface area contributed by atoms with Gasteiger partial charge in [0.1, 0.15) is 0 Å². The summed E-state index contributed by atoms with van der Waals surface area (Å²) in [5.41, 5.74) is 2.24. The van der Waals surface area contributed by atoms with Gasteiger partial charge in [0.05, 0.1) is 29.1 Å². The summed E-state index contributed by atoms with van der Waals surface area (Å²) in [4.78, 5) is 12.7. The SMILES string of the molecule is CC(C)(C)n1ncc(C(=O)NC[C@H]2CCCO2)c1-c1ccccc1. The molecular formula is C19H25N3O2. The average Bonchev–Trinajstić information content (AvgIpc) is 3.22. The fourth-order valence-electron chi connectivity index (χ4n) is 3.00. The Balaban J connectivity index is 1.89. The number of carbonyl (C=O) groups excluding carboxylic acids is 1. The molecule has 1 saturated heterocycles. The molecule has 1 aliphatic heterocycles. The lowest BCUT2D eigenvalue weighted by molar-refractivity contribution is 0.0858. The van der Waals surface area contributed by atoms with Crippen molar-refractivity contribution in [3.05, 3.63) is 42.1 Å². The third kappa shape index (κ3) is 3.51. The van der Waals surface area contributed by atoms with E-state index in [1.54, 1.807) is 6.20 Å². The van der Waals surface area contributed by atoms with E-state index < -0.39 is 0 Å². The van der Waals surface area contributed by atoms with Gasteiger partial charge in [0.25, 0.3) is 5.91 Å². The molecule has 1 amide bonds. The summed E-state index contributed by atoms with van der Waals surface area (Å²) in [7, 11) is 0. The second-order valence-corrected chi connectivity index (χ2v) is 7.20. The van der Waals surface area contributed by atoms with Crippen LogP contribution in [0.5, 0.6) is 0 Å². The van der Waals surface area contributed by atoms with Gasteiger partial charge in [0, 0.05) is 18.7 Å².